The van der Waals surface area contributed by atoms with Gasteiger partial charge in [-0.3, -0.25) is 4.79 Å². The largest absolute Gasteiger partial charge is 0.392 e. The van der Waals surface area contributed by atoms with Crippen LogP contribution in [0.1, 0.15) is 31.1 Å². The van der Waals surface area contributed by atoms with Crippen molar-refractivity contribution >= 4 is 15.9 Å². The predicted octanol–water partition coefficient (Wildman–Crippen LogP) is 0.828. The number of nitrogens with one attached hydrogen (secondary N) is 1. The summed E-state index contributed by atoms with van der Waals surface area (Å²) in [6.07, 6.45) is -0.628. The van der Waals surface area contributed by atoms with Gasteiger partial charge in [-0.25, -0.2) is 8.42 Å². The van der Waals surface area contributed by atoms with E-state index >= 15 is 0 Å². The first kappa shape index (κ1) is 17.6. The van der Waals surface area contributed by atoms with Crippen molar-refractivity contribution in [3.05, 3.63) is 29.8 Å². The Kier molecular flexibility index (Phi) is 6.32. The predicted molar refractivity (Wildman–Crippen MR) is 80.6 cm³/mol. The highest BCUT2D eigenvalue weighted by molar-refractivity contribution is 7.89. The van der Waals surface area contributed by atoms with E-state index in [1.165, 1.54) is 28.6 Å². The number of carbonyl (C=O) groups excluding carboxylic acids is 1. The number of sulfonamides is 1. The van der Waals surface area contributed by atoms with Crippen LogP contribution in [-0.2, 0) is 10.0 Å². The lowest BCUT2D eigenvalue weighted by Gasteiger charge is -2.18. The molecule has 0 bridgehead atoms. The molecule has 0 radical (unpaired) electrons. The van der Waals surface area contributed by atoms with Gasteiger partial charge in [0.25, 0.3) is 5.91 Å². The number of hydrogen-bond acceptors (Lipinski definition) is 4. The summed E-state index contributed by atoms with van der Waals surface area (Å²) < 4.78 is 25.9. The average Bonchev–Trinajstić information content (AvgIpc) is 2.45. The van der Waals surface area contributed by atoms with Crippen LogP contribution in [0.15, 0.2) is 29.2 Å². The first-order chi connectivity index (χ1) is 9.82. The molecular weight excluding hydrogens is 292 g/mol. The van der Waals surface area contributed by atoms with Gasteiger partial charge in [0.1, 0.15) is 0 Å². The number of aliphatic hydroxyl groups is 1. The standard InChI is InChI=1S/C14H22N2O4S/c1-4-16(5-2)21(19,20)13-8-6-12(7-9-13)14(18)15-10-11(3)17/h6-9,11,17H,4-5,10H2,1-3H3,(H,15,18)/t11-/m1/s1. The fourth-order valence-electron chi connectivity index (χ4n) is 1.83. The number of aliphatic hydroxyl groups excluding tert-OH is 1. The highest BCUT2D eigenvalue weighted by Crippen LogP contribution is 2.16. The minimum Gasteiger partial charge on any atom is -0.392 e. The second-order valence-corrected chi connectivity index (χ2v) is 6.61. The maximum atomic E-state index is 12.3. The van der Waals surface area contributed by atoms with Gasteiger partial charge in [-0.05, 0) is 31.2 Å². The normalized spacial score (nSPS) is 13.2. The minimum absolute atomic E-state index is 0.151. The summed E-state index contributed by atoms with van der Waals surface area (Å²) in [4.78, 5) is 11.9. The summed E-state index contributed by atoms with van der Waals surface area (Å²) in [6, 6.07) is 5.78. The van der Waals surface area contributed by atoms with Crippen LogP contribution in [0.25, 0.3) is 0 Å². The highest BCUT2D eigenvalue weighted by Gasteiger charge is 2.21. The summed E-state index contributed by atoms with van der Waals surface area (Å²) in [7, 11) is -3.51. The molecule has 0 unspecified atom stereocenters. The third-order valence-corrected chi connectivity index (χ3v) is 5.08. The fraction of sp³-hybridized carbons (Fsp3) is 0.500. The third-order valence-electron chi connectivity index (χ3n) is 3.02. The molecule has 0 aliphatic carbocycles. The molecular formula is C14H22N2O4S. The summed E-state index contributed by atoms with van der Waals surface area (Å²) in [5.74, 6) is -0.345. The van der Waals surface area contributed by atoms with Crippen molar-refractivity contribution < 1.29 is 18.3 Å². The van der Waals surface area contributed by atoms with Crippen LogP contribution in [0.2, 0.25) is 0 Å². The van der Waals surface area contributed by atoms with Crippen molar-refractivity contribution in [1.29, 1.82) is 0 Å². The quantitative estimate of drug-likeness (QED) is 0.780. The fourth-order valence-corrected chi connectivity index (χ4v) is 3.29. The number of amides is 1. The number of hydrogen-bond donors (Lipinski definition) is 2. The van der Waals surface area contributed by atoms with Crippen LogP contribution in [0.4, 0.5) is 0 Å². The van der Waals surface area contributed by atoms with Crippen molar-refractivity contribution in [2.75, 3.05) is 19.6 Å². The summed E-state index contributed by atoms with van der Waals surface area (Å²) >= 11 is 0. The average molecular weight is 314 g/mol. The molecule has 0 aromatic heterocycles. The number of nitrogens with zero attached hydrogens (tertiary/aromatic N) is 1. The molecule has 7 heteroatoms. The molecule has 6 nitrogen and oxygen atoms in total. The van der Waals surface area contributed by atoms with E-state index in [1.54, 1.807) is 20.8 Å². The zero-order chi connectivity index (χ0) is 16.0. The smallest absolute Gasteiger partial charge is 0.251 e. The number of benzene rings is 1. The second kappa shape index (κ2) is 7.53. The lowest BCUT2D eigenvalue weighted by molar-refractivity contribution is 0.0924. The summed E-state index contributed by atoms with van der Waals surface area (Å²) in [6.45, 7) is 6.07. The topological polar surface area (TPSA) is 86.7 Å². The van der Waals surface area contributed by atoms with Crippen molar-refractivity contribution in [2.45, 2.75) is 31.8 Å². The van der Waals surface area contributed by atoms with E-state index in [-0.39, 0.29) is 17.3 Å². The van der Waals surface area contributed by atoms with Crippen LogP contribution < -0.4 is 5.32 Å². The van der Waals surface area contributed by atoms with Crippen LogP contribution >= 0.6 is 0 Å². The van der Waals surface area contributed by atoms with Gasteiger partial charge in [0.2, 0.25) is 10.0 Å². The van der Waals surface area contributed by atoms with Gasteiger partial charge in [-0.2, -0.15) is 4.31 Å². The molecule has 21 heavy (non-hydrogen) atoms. The lowest BCUT2D eigenvalue weighted by Crippen LogP contribution is -2.31. The lowest BCUT2D eigenvalue weighted by atomic mass is 10.2. The van der Waals surface area contributed by atoms with E-state index in [2.05, 4.69) is 5.32 Å². The maximum absolute atomic E-state index is 12.3. The Balaban J connectivity index is 2.90. The van der Waals surface area contributed by atoms with Gasteiger partial charge >= 0.3 is 0 Å². The minimum atomic E-state index is -3.51. The monoisotopic (exact) mass is 314 g/mol. The van der Waals surface area contributed by atoms with Crippen molar-refractivity contribution in [1.82, 2.24) is 9.62 Å². The third kappa shape index (κ3) is 4.52. The van der Waals surface area contributed by atoms with E-state index in [1.807, 2.05) is 0 Å². The molecule has 0 saturated carbocycles. The summed E-state index contributed by atoms with van der Waals surface area (Å²) in [5.41, 5.74) is 0.356. The van der Waals surface area contributed by atoms with Crippen LogP contribution in [-0.4, -0.2) is 49.5 Å². The molecule has 1 rings (SSSR count). The van der Waals surface area contributed by atoms with E-state index in [9.17, 15) is 13.2 Å². The Bertz CT molecular complexity index is 563. The maximum Gasteiger partial charge on any atom is 0.251 e. The molecule has 0 aliphatic rings. The molecule has 118 valence electrons. The Morgan fingerprint density at radius 3 is 2.19 bits per heavy atom. The first-order valence-electron chi connectivity index (χ1n) is 6.89. The molecule has 0 aliphatic heterocycles. The molecule has 0 saturated heterocycles. The molecule has 1 aromatic carbocycles. The molecule has 1 aromatic rings. The van der Waals surface area contributed by atoms with Gasteiger partial charge in [0, 0.05) is 25.2 Å². The first-order valence-corrected chi connectivity index (χ1v) is 8.33. The number of rotatable bonds is 7. The van der Waals surface area contributed by atoms with Crippen LogP contribution in [0.5, 0.6) is 0 Å². The molecule has 0 spiro atoms. The van der Waals surface area contributed by atoms with Crippen LogP contribution in [0.3, 0.4) is 0 Å². The van der Waals surface area contributed by atoms with Gasteiger partial charge in [0.15, 0.2) is 0 Å². The summed E-state index contributed by atoms with van der Waals surface area (Å²) in [5, 5.41) is 11.7. The van der Waals surface area contributed by atoms with Gasteiger partial charge in [0.05, 0.1) is 11.0 Å². The molecule has 1 amide bonds. The SMILES string of the molecule is CCN(CC)S(=O)(=O)c1ccc(C(=O)NC[C@@H](C)O)cc1. The van der Waals surface area contributed by atoms with E-state index in [0.29, 0.717) is 18.7 Å². The number of carbonyl (C=O) groups is 1. The zero-order valence-corrected chi connectivity index (χ0v) is 13.4. The Morgan fingerprint density at radius 2 is 1.76 bits per heavy atom. The Hall–Kier alpha value is -1.44. The van der Waals surface area contributed by atoms with E-state index < -0.39 is 16.1 Å². The van der Waals surface area contributed by atoms with Gasteiger partial charge in [-0.1, -0.05) is 13.8 Å². The van der Waals surface area contributed by atoms with E-state index in [4.69, 9.17) is 5.11 Å². The second-order valence-electron chi connectivity index (χ2n) is 4.67. The van der Waals surface area contributed by atoms with Crippen molar-refractivity contribution in [2.24, 2.45) is 0 Å². The van der Waals surface area contributed by atoms with Gasteiger partial charge in [-0.15, -0.1) is 0 Å². The molecule has 1 atom stereocenters. The molecule has 2 N–H and O–H groups in total. The molecule has 0 fully saturated rings. The Morgan fingerprint density at radius 1 is 1.24 bits per heavy atom. The van der Waals surface area contributed by atoms with Gasteiger partial charge < -0.3 is 10.4 Å². The van der Waals surface area contributed by atoms with Crippen LogP contribution in [0, 0.1) is 0 Å². The highest BCUT2D eigenvalue weighted by atomic mass is 32.2. The Labute approximate surface area is 125 Å². The molecule has 0 heterocycles. The van der Waals surface area contributed by atoms with Crippen molar-refractivity contribution in [3.8, 4) is 0 Å². The zero-order valence-electron chi connectivity index (χ0n) is 12.5. The van der Waals surface area contributed by atoms with E-state index in [0.717, 1.165) is 0 Å². The van der Waals surface area contributed by atoms with Crippen molar-refractivity contribution in [3.63, 3.8) is 0 Å².